The van der Waals surface area contributed by atoms with Crippen LogP contribution < -0.4 is 5.32 Å². The highest BCUT2D eigenvalue weighted by Gasteiger charge is 2.49. The molecule has 2 saturated heterocycles. The monoisotopic (exact) mass is 570 g/mol. The van der Waals surface area contributed by atoms with Gasteiger partial charge in [-0.1, -0.05) is 36.4 Å². The van der Waals surface area contributed by atoms with Crippen LogP contribution in [-0.4, -0.2) is 60.2 Å². The van der Waals surface area contributed by atoms with Crippen LogP contribution in [0.3, 0.4) is 0 Å². The number of hydrogen-bond acceptors (Lipinski definition) is 6. The van der Waals surface area contributed by atoms with Gasteiger partial charge in [0.25, 0.3) is 0 Å². The molecule has 7 nitrogen and oxygen atoms in total. The zero-order valence-electron chi connectivity index (χ0n) is 22.4. The average Bonchev–Trinajstić information content (AvgIpc) is 3.35. The van der Waals surface area contributed by atoms with Gasteiger partial charge in [-0.15, -0.1) is 11.3 Å². The number of nitrogens with zero attached hydrogens (tertiary/aromatic N) is 3. The highest BCUT2D eigenvalue weighted by molar-refractivity contribution is 7.89. The zero-order chi connectivity index (χ0) is 27.7. The lowest BCUT2D eigenvalue weighted by atomic mass is 9.69. The summed E-state index contributed by atoms with van der Waals surface area (Å²) >= 11 is 1.35. The number of anilines is 1. The maximum atomic E-state index is 14.0. The molecule has 1 spiro atoms. The Bertz CT molecular complexity index is 1420. The summed E-state index contributed by atoms with van der Waals surface area (Å²) in [7, 11) is -3.60. The number of benzene rings is 2. The Morgan fingerprint density at radius 2 is 1.72 bits per heavy atom. The van der Waals surface area contributed by atoms with Crippen molar-refractivity contribution in [1.29, 1.82) is 0 Å². The van der Waals surface area contributed by atoms with Gasteiger partial charge in [-0.2, -0.15) is 4.31 Å². The van der Waals surface area contributed by atoms with Gasteiger partial charge in [-0.3, -0.25) is 9.69 Å². The van der Waals surface area contributed by atoms with Crippen LogP contribution in [0.1, 0.15) is 50.0 Å². The molecule has 1 amide bonds. The third-order valence-corrected chi connectivity index (χ3v) is 11.1. The molecule has 0 atom stereocenters. The van der Waals surface area contributed by atoms with E-state index in [0.29, 0.717) is 28.6 Å². The third kappa shape index (κ3) is 6.24. The van der Waals surface area contributed by atoms with E-state index in [9.17, 15) is 17.6 Å². The van der Waals surface area contributed by atoms with Crippen molar-refractivity contribution >= 4 is 32.4 Å². The maximum absolute atomic E-state index is 14.0. The van der Waals surface area contributed by atoms with E-state index in [1.54, 1.807) is 53.0 Å². The number of sulfonamides is 1. The standard InChI is InChI=1S/C29H35FN4O3S2/c1-28(2)12-13-29(21-34(28)39(36,37)24-9-4-3-5-10-24)14-16-33(17-15-29)20-26(35)32-27-31-19-23(38-27)18-22-8-6-7-11-25(22)30/h3-11,19H,12-18,20-21H2,1-2H3,(H,31,32,35). The second-order valence-corrected chi connectivity index (χ2v) is 14.3. The Labute approximate surface area is 234 Å². The summed E-state index contributed by atoms with van der Waals surface area (Å²) in [5.74, 6) is -0.377. The van der Waals surface area contributed by atoms with Crippen LogP contribution in [0.5, 0.6) is 0 Å². The van der Waals surface area contributed by atoms with Crippen molar-refractivity contribution in [1.82, 2.24) is 14.2 Å². The highest BCUT2D eigenvalue weighted by atomic mass is 32.2. The lowest BCUT2D eigenvalue weighted by Gasteiger charge is -2.53. The molecule has 2 aliphatic rings. The molecule has 5 rings (SSSR count). The van der Waals surface area contributed by atoms with Crippen molar-refractivity contribution in [3.63, 3.8) is 0 Å². The van der Waals surface area contributed by atoms with Crippen LogP contribution in [0.4, 0.5) is 9.52 Å². The van der Waals surface area contributed by atoms with E-state index in [0.717, 1.165) is 43.6 Å². The van der Waals surface area contributed by atoms with E-state index in [-0.39, 0.29) is 23.7 Å². The number of piperidine rings is 2. The first-order chi connectivity index (χ1) is 18.6. The number of aromatic nitrogens is 1. The van der Waals surface area contributed by atoms with Gasteiger partial charge in [-0.05, 0) is 81.8 Å². The molecule has 3 aromatic rings. The third-order valence-electron chi connectivity index (χ3n) is 8.16. The zero-order valence-corrected chi connectivity index (χ0v) is 24.0. The first kappa shape index (κ1) is 27.9. The van der Waals surface area contributed by atoms with Gasteiger partial charge in [0.05, 0.1) is 11.4 Å². The maximum Gasteiger partial charge on any atom is 0.243 e. The predicted molar refractivity (Wildman–Crippen MR) is 152 cm³/mol. The van der Waals surface area contributed by atoms with Crippen LogP contribution in [0, 0.1) is 11.2 Å². The Kier molecular flexibility index (Phi) is 7.92. The fraction of sp³-hybridized carbons (Fsp3) is 0.448. The highest BCUT2D eigenvalue weighted by Crippen LogP contribution is 2.46. The molecular formula is C29H35FN4O3S2. The number of hydrogen-bond donors (Lipinski definition) is 1. The Balaban J connectivity index is 1.16. The molecule has 0 aliphatic carbocycles. The van der Waals surface area contributed by atoms with Crippen LogP contribution in [0.2, 0.25) is 0 Å². The number of likely N-dealkylation sites (tertiary alicyclic amines) is 1. The number of halogens is 1. The van der Waals surface area contributed by atoms with Crippen LogP contribution in [0.25, 0.3) is 0 Å². The summed E-state index contributed by atoms with van der Waals surface area (Å²) in [6, 6.07) is 15.3. The first-order valence-corrected chi connectivity index (χ1v) is 15.6. The van der Waals surface area contributed by atoms with Gasteiger partial charge >= 0.3 is 0 Å². The molecule has 2 aromatic carbocycles. The second-order valence-electron chi connectivity index (χ2n) is 11.4. The van der Waals surface area contributed by atoms with Gasteiger partial charge < -0.3 is 5.32 Å². The Morgan fingerprint density at radius 3 is 2.44 bits per heavy atom. The van der Waals surface area contributed by atoms with Gasteiger partial charge in [-0.25, -0.2) is 17.8 Å². The van der Waals surface area contributed by atoms with Gasteiger partial charge in [0.2, 0.25) is 15.9 Å². The smallest absolute Gasteiger partial charge is 0.243 e. The van der Waals surface area contributed by atoms with E-state index in [1.165, 1.54) is 17.4 Å². The summed E-state index contributed by atoms with van der Waals surface area (Å²) in [5.41, 5.74) is 0.0688. The fourth-order valence-corrected chi connectivity index (χ4v) is 8.45. The first-order valence-electron chi connectivity index (χ1n) is 13.3. The molecule has 3 heterocycles. The van der Waals surface area contributed by atoms with Crippen LogP contribution >= 0.6 is 11.3 Å². The molecule has 0 radical (unpaired) electrons. The molecule has 0 unspecified atom stereocenters. The van der Waals surface area contributed by atoms with Gasteiger partial charge in [0.15, 0.2) is 5.13 Å². The number of carbonyl (C=O) groups excluding carboxylic acids is 1. The minimum Gasteiger partial charge on any atom is -0.301 e. The number of rotatable bonds is 7. The van der Waals surface area contributed by atoms with Gasteiger partial charge in [0, 0.05) is 29.6 Å². The van der Waals surface area contributed by atoms with Gasteiger partial charge in [0.1, 0.15) is 5.82 Å². The number of carbonyl (C=O) groups is 1. The summed E-state index contributed by atoms with van der Waals surface area (Å²) in [4.78, 5) is 20.4. The van der Waals surface area contributed by atoms with E-state index in [1.807, 2.05) is 19.9 Å². The predicted octanol–water partition coefficient (Wildman–Crippen LogP) is 5.16. The summed E-state index contributed by atoms with van der Waals surface area (Å²) < 4.78 is 42.8. The summed E-state index contributed by atoms with van der Waals surface area (Å²) in [6.07, 6.45) is 5.59. The quantitative estimate of drug-likeness (QED) is 0.425. The van der Waals surface area contributed by atoms with E-state index < -0.39 is 15.6 Å². The van der Waals surface area contributed by atoms with E-state index in [2.05, 4.69) is 15.2 Å². The summed E-state index contributed by atoms with van der Waals surface area (Å²) in [5, 5.41) is 3.39. The number of amides is 1. The van der Waals surface area contributed by atoms with Crippen molar-refractivity contribution in [2.24, 2.45) is 5.41 Å². The molecular weight excluding hydrogens is 535 g/mol. The molecule has 1 N–H and O–H groups in total. The largest absolute Gasteiger partial charge is 0.301 e. The van der Waals surface area contributed by atoms with Crippen LogP contribution in [-0.2, 0) is 21.2 Å². The van der Waals surface area contributed by atoms with Crippen molar-refractivity contribution in [2.75, 3.05) is 31.5 Å². The van der Waals surface area contributed by atoms with Crippen molar-refractivity contribution in [3.05, 3.63) is 77.1 Å². The molecule has 10 heteroatoms. The molecule has 0 saturated carbocycles. The molecule has 1 aromatic heterocycles. The van der Waals surface area contributed by atoms with Crippen molar-refractivity contribution < 1.29 is 17.6 Å². The second kappa shape index (κ2) is 11.1. The molecule has 208 valence electrons. The van der Waals surface area contributed by atoms with E-state index >= 15 is 0 Å². The number of thiazole rings is 1. The molecule has 2 fully saturated rings. The normalized spacial score (nSPS) is 19.7. The topological polar surface area (TPSA) is 82.6 Å². The number of nitrogens with one attached hydrogen (secondary N) is 1. The Hall–Kier alpha value is -2.66. The average molecular weight is 571 g/mol. The van der Waals surface area contributed by atoms with E-state index in [4.69, 9.17) is 0 Å². The van der Waals surface area contributed by atoms with Crippen LogP contribution in [0.15, 0.2) is 65.7 Å². The lowest BCUT2D eigenvalue weighted by molar-refractivity contribution is -0.118. The molecule has 2 aliphatic heterocycles. The fourth-order valence-electron chi connectivity index (χ4n) is 5.66. The van der Waals surface area contributed by atoms with Crippen molar-refractivity contribution in [2.45, 2.75) is 56.4 Å². The van der Waals surface area contributed by atoms with Crippen molar-refractivity contribution in [3.8, 4) is 0 Å². The lowest BCUT2D eigenvalue weighted by Crippen LogP contribution is -2.59. The molecule has 0 bridgehead atoms. The molecule has 39 heavy (non-hydrogen) atoms. The summed E-state index contributed by atoms with van der Waals surface area (Å²) in [6.45, 7) is 6.27. The SMILES string of the molecule is CC1(C)CCC2(CCN(CC(=O)Nc3ncc(Cc4ccccc4F)s3)CC2)CN1S(=O)(=O)c1ccccc1. The minimum absolute atomic E-state index is 0.0821. The Morgan fingerprint density at radius 1 is 1.03 bits per heavy atom. The minimum atomic E-state index is -3.60.